The summed E-state index contributed by atoms with van der Waals surface area (Å²) in [7, 11) is 1.68. The van der Waals surface area contributed by atoms with Crippen LogP contribution in [0.15, 0.2) is 30.5 Å². The van der Waals surface area contributed by atoms with E-state index in [4.69, 9.17) is 25.2 Å². The van der Waals surface area contributed by atoms with Crippen LogP contribution in [-0.2, 0) is 9.47 Å². The number of morpholine rings is 1. The van der Waals surface area contributed by atoms with Gasteiger partial charge in [0.15, 0.2) is 11.6 Å². The summed E-state index contributed by atoms with van der Waals surface area (Å²) in [4.78, 5) is 17.2. The van der Waals surface area contributed by atoms with Gasteiger partial charge in [-0.25, -0.2) is 15.0 Å². The van der Waals surface area contributed by atoms with E-state index in [9.17, 15) is 0 Å². The Labute approximate surface area is 161 Å². The Balaban J connectivity index is 1.81. The number of aromatic nitrogens is 3. The molecule has 1 saturated heterocycles. The van der Waals surface area contributed by atoms with Crippen LogP contribution in [0.2, 0.25) is 0 Å². The number of methoxy groups -OCH3 is 1. The molecule has 0 amide bonds. The molecule has 3 aromatic rings. The van der Waals surface area contributed by atoms with Gasteiger partial charge in [-0.2, -0.15) is 0 Å². The van der Waals surface area contributed by atoms with E-state index >= 15 is 0 Å². The van der Waals surface area contributed by atoms with Gasteiger partial charge in [-0.3, -0.25) is 0 Å². The number of anilines is 2. The van der Waals surface area contributed by atoms with E-state index in [1.165, 1.54) is 0 Å². The molecule has 0 bridgehead atoms. The molecule has 3 aromatic heterocycles. The highest BCUT2D eigenvalue weighted by Crippen LogP contribution is 2.35. The summed E-state index contributed by atoms with van der Waals surface area (Å²) in [5.41, 5.74) is 7.49. The lowest BCUT2D eigenvalue weighted by Gasteiger charge is -2.28. The molecule has 0 aromatic carbocycles. The van der Waals surface area contributed by atoms with Gasteiger partial charge in [0.25, 0.3) is 0 Å². The largest absolute Gasteiger partial charge is 0.384 e. The summed E-state index contributed by atoms with van der Waals surface area (Å²) in [6, 6.07) is 5.76. The Bertz CT molecular complexity index is 949. The number of hydrogen-bond acceptors (Lipinski definition) is 8. The van der Waals surface area contributed by atoms with Gasteiger partial charge in [-0.15, -0.1) is 11.3 Å². The number of fused-ring (bicyclic) bond motifs is 1. The Morgan fingerprint density at radius 2 is 2.15 bits per heavy atom. The minimum absolute atomic E-state index is 0.481. The summed E-state index contributed by atoms with van der Waals surface area (Å²) < 4.78 is 11.7. The van der Waals surface area contributed by atoms with Crippen LogP contribution in [-0.4, -0.2) is 55.0 Å². The highest BCUT2D eigenvalue weighted by molar-refractivity contribution is 7.20. The van der Waals surface area contributed by atoms with Crippen molar-refractivity contribution in [3.05, 3.63) is 35.3 Å². The van der Waals surface area contributed by atoms with Crippen molar-refractivity contribution in [3.63, 3.8) is 0 Å². The summed E-state index contributed by atoms with van der Waals surface area (Å²) in [6.07, 6.45) is 5.77. The van der Waals surface area contributed by atoms with Crippen LogP contribution in [0.25, 0.3) is 27.7 Å². The molecular formula is C19H21N5O2S. The van der Waals surface area contributed by atoms with Gasteiger partial charge in [0, 0.05) is 36.8 Å². The van der Waals surface area contributed by atoms with E-state index in [0.29, 0.717) is 31.5 Å². The molecule has 2 N–H and O–H groups in total. The van der Waals surface area contributed by atoms with E-state index in [1.807, 2.05) is 12.1 Å². The number of nitrogens with two attached hydrogens (primary N) is 1. The van der Waals surface area contributed by atoms with Crippen LogP contribution in [0.1, 0.15) is 4.88 Å². The van der Waals surface area contributed by atoms with Crippen LogP contribution in [0.5, 0.6) is 0 Å². The number of pyridine rings is 1. The molecule has 1 aliphatic rings. The highest BCUT2D eigenvalue weighted by Gasteiger charge is 2.19. The second-order valence-corrected chi connectivity index (χ2v) is 7.25. The first-order valence-corrected chi connectivity index (χ1v) is 9.58. The monoisotopic (exact) mass is 383 g/mol. The molecule has 8 heteroatoms. The molecule has 27 heavy (non-hydrogen) atoms. The molecule has 0 atom stereocenters. The predicted octanol–water partition coefficient (Wildman–Crippen LogP) is 2.83. The summed E-state index contributed by atoms with van der Waals surface area (Å²) in [5.74, 6) is 2.09. The molecule has 1 fully saturated rings. The van der Waals surface area contributed by atoms with Gasteiger partial charge in [0.2, 0.25) is 0 Å². The maximum Gasteiger partial charge on any atom is 0.163 e. The number of ether oxygens (including phenoxy) is 2. The average Bonchev–Trinajstić information content (AvgIpc) is 3.11. The van der Waals surface area contributed by atoms with E-state index in [1.54, 1.807) is 30.7 Å². The van der Waals surface area contributed by atoms with Crippen LogP contribution in [0.3, 0.4) is 0 Å². The van der Waals surface area contributed by atoms with Crippen LogP contribution in [0.4, 0.5) is 11.6 Å². The van der Waals surface area contributed by atoms with Crippen molar-refractivity contribution in [2.24, 2.45) is 0 Å². The Kier molecular flexibility index (Phi) is 5.28. The lowest BCUT2D eigenvalue weighted by Crippen LogP contribution is -2.36. The number of nitrogen functional groups attached to an aromatic ring is 1. The Morgan fingerprint density at radius 3 is 2.89 bits per heavy atom. The maximum absolute atomic E-state index is 5.71. The van der Waals surface area contributed by atoms with Crippen LogP contribution in [0, 0.1) is 0 Å². The molecule has 4 rings (SSSR count). The van der Waals surface area contributed by atoms with Gasteiger partial charge in [-0.05, 0) is 24.3 Å². The summed E-state index contributed by atoms with van der Waals surface area (Å²) >= 11 is 1.69. The smallest absolute Gasteiger partial charge is 0.163 e. The van der Waals surface area contributed by atoms with Crippen molar-refractivity contribution in [1.82, 2.24) is 15.0 Å². The van der Waals surface area contributed by atoms with Crippen LogP contribution < -0.4 is 10.6 Å². The minimum Gasteiger partial charge on any atom is -0.384 e. The average molecular weight is 383 g/mol. The first-order chi connectivity index (χ1) is 13.2. The molecule has 140 valence electrons. The Hall–Kier alpha value is -2.55. The van der Waals surface area contributed by atoms with E-state index in [2.05, 4.69) is 22.0 Å². The quantitative estimate of drug-likeness (QED) is 0.725. The van der Waals surface area contributed by atoms with Crippen molar-refractivity contribution in [3.8, 4) is 11.4 Å². The van der Waals surface area contributed by atoms with Crippen molar-refractivity contribution in [2.75, 3.05) is 50.7 Å². The molecule has 7 nitrogen and oxygen atoms in total. The molecule has 0 saturated carbocycles. The van der Waals surface area contributed by atoms with E-state index in [0.717, 1.165) is 39.6 Å². The normalized spacial score (nSPS) is 15.1. The lowest BCUT2D eigenvalue weighted by molar-refractivity contribution is 0.122. The van der Waals surface area contributed by atoms with Crippen LogP contribution >= 0.6 is 11.3 Å². The fraction of sp³-hybridized carbons (Fsp3) is 0.316. The zero-order valence-corrected chi connectivity index (χ0v) is 15.9. The molecule has 1 aliphatic heterocycles. The third kappa shape index (κ3) is 3.92. The second-order valence-electron chi connectivity index (χ2n) is 6.16. The first-order valence-electron chi connectivity index (χ1n) is 8.76. The lowest BCUT2D eigenvalue weighted by atomic mass is 10.2. The third-order valence-corrected chi connectivity index (χ3v) is 5.36. The molecule has 0 aliphatic carbocycles. The van der Waals surface area contributed by atoms with E-state index < -0.39 is 0 Å². The van der Waals surface area contributed by atoms with Gasteiger partial charge in [0.05, 0.1) is 30.0 Å². The SMILES string of the molecule is COCC=Cc1cc2nc(-c3ccc(N)nc3)nc(N3CCOCC3)c2s1. The predicted molar refractivity (Wildman–Crippen MR) is 109 cm³/mol. The third-order valence-electron chi connectivity index (χ3n) is 4.27. The minimum atomic E-state index is 0.481. The van der Waals surface area contributed by atoms with Crippen molar-refractivity contribution in [2.45, 2.75) is 0 Å². The molecule has 4 heterocycles. The molecule has 0 unspecified atom stereocenters. The summed E-state index contributed by atoms with van der Waals surface area (Å²) in [6.45, 7) is 3.63. The molecule has 0 radical (unpaired) electrons. The zero-order chi connectivity index (χ0) is 18.6. The fourth-order valence-electron chi connectivity index (χ4n) is 2.93. The van der Waals surface area contributed by atoms with Gasteiger partial charge in [0.1, 0.15) is 5.82 Å². The Morgan fingerprint density at radius 1 is 1.30 bits per heavy atom. The molecule has 0 spiro atoms. The van der Waals surface area contributed by atoms with Gasteiger partial charge < -0.3 is 20.1 Å². The second kappa shape index (κ2) is 7.99. The summed E-state index contributed by atoms with van der Waals surface area (Å²) in [5, 5.41) is 0. The highest BCUT2D eigenvalue weighted by atomic mass is 32.1. The van der Waals surface area contributed by atoms with Gasteiger partial charge >= 0.3 is 0 Å². The first kappa shape index (κ1) is 17.8. The van der Waals surface area contributed by atoms with Crippen molar-refractivity contribution in [1.29, 1.82) is 0 Å². The zero-order valence-electron chi connectivity index (χ0n) is 15.1. The van der Waals surface area contributed by atoms with Crippen molar-refractivity contribution < 1.29 is 9.47 Å². The number of rotatable bonds is 5. The fourth-order valence-corrected chi connectivity index (χ4v) is 3.98. The number of nitrogens with zero attached hydrogens (tertiary/aromatic N) is 4. The topological polar surface area (TPSA) is 86.4 Å². The number of hydrogen-bond donors (Lipinski definition) is 1. The number of thiophene rings is 1. The maximum atomic E-state index is 5.71. The van der Waals surface area contributed by atoms with Crippen molar-refractivity contribution >= 4 is 39.3 Å². The standard InChI is InChI=1S/C19H21N5O2S/c1-25-8-2-3-14-11-15-17(27-14)19(24-6-9-26-10-7-24)23-18(22-15)13-4-5-16(20)21-12-13/h2-5,11-12H,6-10H2,1H3,(H2,20,21). The molecular weight excluding hydrogens is 362 g/mol. The van der Waals surface area contributed by atoms with E-state index in [-0.39, 0.29) is 0 Å². The van der Waals surface area contributed by atoms with Gasteiger partial charge in [-0.1, -0.05) is 6.08 Å².